The summed E-state index contributed by atoms with van der Waals surface area (Å²) in [6.07, 6.45) is 4.34. The number of nitriles is 1. The van der Waals surface area contributed by atoms with Gasteiger partial charge in [-0.1, -0.05) is 18.2 Å². The topological polar surface area (TPSA) is 64.4 Å². The molecule has 0 aromatic heterocycles. The third-order valence-corrected chi connectivity index (χ3v) is 7.46. The van der Waals surface area contributed by atoms with E-state index in [4.69, 9.17) is 0 Å². The summed E-state index contributed by atoms with van der Waals surface area (Å²) in [4.78, 5) is 2.51. The Morgan fingerprint density at radius 3 is 2.33 bits per heavy atom. The Kier molecular flexibility index (Phi) is 4.90. The van der Waals surface area contributed by atoms with Gasteiger partial charge in [0.05, 0.1) is 16.1 Å². The van der Waals surface area contributed by atoms with Crippen molar-refractivity contribution in [3.63, 3.8) is 0 Å². The number of para-hydroxylation sites is 1. The molecule has 0 unspecified atom stereocenters. The number of hydrogen-bond donors (Lipinski definition) is 0. The van der Waals surface area contributed by atoms with Crippen molar-refractivity contribution < 1.29 is 8.42 Å². The number of nitrogens with zero attached hydrogens (tertiary/aromatic N) is 3. The van der Waals surface area contributed by atoms with Crippen LogP contribution in [-0.2, 0) is 22.9 Å². The van der Waals surface area contributed by atoms with Crippen molar-refractivity contribution in [2.24, 2.45) is 0 Å². The monoisotopic (exact) mass is 381 g/mol. The van der Waals surface area contributed by atoms with Crippen molar-refractivity contribution in [3.05, 3.63) is 59.2 Å². The highest BCUT2D eigenvalue weighted by atomic mass is 32.2. The summed E-state index contributed by atoms with van der Waals surface area (Å²) in [5.41, 5.74) is 3.98. The molecule has 0 N–H and O–H groups in total. The zero-order chi connectivity index (χ0) is 18.9. The normalized spacial score (nSPS) is 18.0. The number of anilines is 1. The number of aryl methyl sites for hydroxylation is 2. The summed E-state index contributed by atoms with van der Waals surface area (Å²) in [5, 5.41) is 9.29. The Morgan fingerprint density at radius 2 is 1.59 bits per heavy atom. The number of fused-ring (bicyclic) bond motifs is 1. The highest BCUT2D eigenvalue weighted by molar-refractivity contribution is 7.89. The SMILES string of the molecule is N#Cc1ccccc1N1CCN(S(=O)(=O)c2ccc3c(c2)CCCC3)CC1. The second-order valence-electron chi connectivity index (χ2n) is 7.16. The fourth-order valence-corrected chi connectivity index (χ4v) is 5.51. The summed E-state index contributed by atoms with van der Waals surface area (Å²) in [5.74, 6) is 0. The second kappa shape index (κ2) is 7.34. The van der Waals surface area contributed by atoms with E-state index in [0.29, 0.717) is 36.6 Å². The molecule has 1 aliphatic heterocycles. The van der Waals surface area contributed by atoms with E-state index in [1.54, 1.807) is 16.4 Å². The van der Waals surface area contributed by atoms with Gasteiger partial charge in [-0.3, -0.25) is 0 Å². The molecule has 1 fully saturated rings. The minimum absolute atomic E-state index is 0.411. The molecule has 2 aromatic carbocycles. The van der Waals surface area contributed by atoms with Gasteiger partial charge in [-0.15, -0.1) is 0 Å². The minimum Gasteiger partial charge on any atom is -0.368 e. The van der Waals surface area contributed by atoms with E-state index in [2.05, 4.69) is 11.0 Å². The van der Waals surface area contributed by atoms with Crippen LogP contribution in [0.2, 0.25) is 0 Å². The minimum atomic E-state index is -3.48. The molecule has 2 aromatic rings. The molecule has 6 heteroatoms. The van der Waals surface area contributed by atoms with Crippen LogP contribution in [0.3, 0.4) is 0 Å². The molecule has 5 nitrogen and oxygen atoms in total. The summed E-state index contributed by atoms with van der Waals surface area (Å²) in [6, 6.07) is 15.3. The van der Waals surface area contributed by atoms with Gasteiger partial charge in [-0.2, -0.15) is 9.57 Å². The van der Waals surface area contributed by atoms with Crippen molar-refractivity contribution in [1.29, 1.82) is 5.26 Å². The third kappa shape index (κ3) is 3.45. The van der Waals surface area contributed by atoms with Crippen LogP contribution in [0.1, 0.15) is 29.5 Å². The third-order valence-electron chi connectivity index (χ3n) is 5.56. The Labute approximate surface area is 160 Å². The summed E-state index contributed by atoms with van der Waals surface area (Å²) < 4.78 is 27.8. The predicted octanol–water partition coefficient (Wildman–Crippen LogP) is 2.95. The molecule has 0 amide bonds. The highest BCUT2D eigenvalue weighted by Crippen LogP contribution is 2.27. The van der Waals surface area contributed by atoms with Crippen LogP contribution < -0.4 is 4.90 Å². The smallest absolute Gasteiger partial charge is 0.243 e. The summed E-state index contributed by atoms with van der Waals surface area (Å²) in [7, 11) is -3.48. The van der Waals surface area contributed by atoms with E-state index >= 15 is 0 Å². The van der Waals surface area contributed by atoms with Crippen LogP contribution in [0.5, 0.6) is 0 Å². The summed E-state index contributed by atoms with van der Waals surface area (Å²) >= 11 is 0. The van der Waals surface area contributed by atoms with E-state index in [1.807, 2.05) is 30.3 Å². The van der Waals surface area contributed by atoms with Gasteiger partial charge in [0.2, 0.25) is 10.0 Å². The molecule has 1 heterocycles. The first-order valence-corrected chi connectivity index (χ1v) is 10.9. The largest absolute Gasteiger partial charge is 0.368 e. The highest BCUT2D eigenvalue weighted by Gasteiger charge is 2.29. The van der Waals surface area contributed by atoms with Gasteiger partial charge in [0.15, 0.2) is 0 Å². The van der Waals surface area contributed by atoms with E-state index in [-0.39, 0.29) is 0 Å². The molecular formula is C21H23N3O2S. The van der Waals surface area contributed by atoms with Crippen LogP contribution in [0.25, 0.3) is 0 Å². The molecule has 0 radical (unpaired) electrons. The van der Waals surface area contributed by atoms with Crippen LogP contribution >= 0.6 is 0 Å². The number of benzene rings is 2. The zero-order valence-corrected chi connectivity index (χ0v) is 16.1. The van der Waals surface area contributed by atoms with E-state index < -0.39 is 10.0 Å². The van der Waals surface area contributed by atoms with Gasteiger partial charge in [-0.05, 0) is 61.1 Å². The van der Waals surface area contributed by atoms with E-state index in [9.17, 15) is 13.7 Å². The molecule has 4 rings (SSSR count). The van der Waals surface area contributed by atoms with E-state index in [0.717, 1.165) is 24.9 Å². The van der Waals surface area contributed by atoms with Crippen LogP contribution in [0, 0.1) is 11.3 Å². The number of rotatable bonds is 3. The maximum Gasteiger partial charge on any atom is 0.243 e. The Morgan fingerprint density at radius 1 is 0.889 bits per heavy atom. The first-order valence-electron chi connectivity index (χ1n) is 9.45. The quantitative estimate of drug-likeness (QED) is 0.820. The molecule has 0 saturated carbocycles. The maximum atomic E-state index is 13.1. The summed E-state index contributed by atoms with van der Waals surface area (Å²) in [6.45, 7) is 2.03. The molecule has 0 bridgehead atoms. The van der Waals surface area contributed by atoms with Gasteiger partial charge in [0, 0.05) is 26.2 Å². The molecule has 0 spiro atoms. The van der Waals surface area contributed by atoms with E-state index in [1.165, 1.54) is 17.5 Å². The average molecular weight is 382 g/mol. The number of sulfonamides is 1. The molecule has 27 heavy (non-hydrogen) atoms. The van der Waals surface area contributed by atoms with Gasteiger partial charge in [0.1, 0.15) is 6.07 Å². The molecule has 1 saturated heterocycles. The number of hydrogen-bond acceptors (Lipinski definition) is 4. The first kappa shape index (κ1) is 18.0. The molecular weight excluding hydrogens is 358 g/mol. The van der Waals surface area contributed by atoms with Crippen molar-refractivity contribution in [1.82, 2.24) is 4.31 Å². The Hall–Kier alpha value is -2.36. The van der Waals surface area contributed by atoms with Crippen molar-refractivity contribution >= 4 is 15.7 Å². The number of piperazine rings is 1. The zero-order valence-electron chi connectivity index (χ0n) is 15.3. The van der Waals surface area contributed by atoms with Crippen LogP contribution in [0.4, 0.5) is 5.69 Å². The first-order chi connectivity index (χ1) is 13.1. The molecule has 0 atom stereocenters. The van der Waals surface area contributed by atoms with Gasteiger partial charge >= 0.3 is 0 Å². The predicted molar refractivity (Wildman–Crippen MR) is 105 cm³/mol. The van der Waals surface area contributed by atoms with Gasteiger partial charge in [-0.25, -0.2) is 8.42 Å². The molecule has 2 aliphatic rings. The standard InChI is InChI=1S/C21H23N3O2S/c22-16-19-7-3-4-8-21(19)23-11-13-24(14-12-23)27(25,26)20-10-9-17-5-1-2-6-18(17)15-20/h3-4,7-10,15H,1-2,5-6,11-14H2. The molecule has 140 valence electrons. The van der Waals surface area contributed by atoms with Crippen molar-refractivity contribution in [3.8, 4) is 6.07 Å². The van der Waals surface area contributed by atoms with Crippen LogP contribution in [-0.4, -0.2) is 38.9 Å². The van der Waals surface area contributed by atoms with Gasteiger partial charge < -0.3 is 4.90 Å². The maximum absolute atomic E-state index is 13.1. The lowest BCUT2D eigenvalue weighted by molar-refractivity contribution is 0.385. The fraction of sp³-hybridized carbons (Fsp3) is 0.381. The van der Waals surface area contributed by atoms with Crippen molar-refractivity contribution in [2.75, 3.05) is 31.1 Å². The lowest BCUT2D eigenvalue weighted by Crippen LogP contribution is -2.48. The fourth-order valence-electron chi connectivity index (χ4n) is 4.03. The Balaban J connectivity index is 1.51. The van der Waals surface area contributed by atoms with Gasteiger partial charge in [0.25, 0.3) is 0 Å². The van der Waals surface area contributed by atoms with Crippen molar-refractivity contribution in [2.45, 2.75) is 30.6 Å². The lowest BCUT2D eigenvalue weighted by atomic mass is 9.92. The molecule has 1 aliphatic carbocycles. The van der Waals surface area contributed by atoms with Crippen LogP contribution in [0.15, 0.2) is 47.4 Å². The lowest BCUT2D eigenvalue weighted by Gasteiger charge is -2.35. The Bertz CT molecular complexity index is 987. The average Bonchev–Trinajstić information content (AvgIpc) is 2.73. The second-order valence-corrected chi connectivity index (χ2v) is 9.10.